The molecule has 1 unspecified atom stereocenters. The quantitative estimate of drug-likeness (QED) is 0.762. The number of ether oxygens (including phenoxy) is 1. The molecule has 0 spiro atoms. The molecule has 1 fully saturated rings. The molecule has 2 aromatic carbocycles. The molecule has 1 amide bonds. The summed E-state index contributed by atoms with van der Waals surface area (Å²) in [5.41, 5.74) is 2.18. The molecular formula is C23H30N2O4S. The van der Waals surface area contributed by atoms with Crippen molar-refractivity contribution in [3.63, 3.8) is 0 Å². The summed E-state index contributed by atoms with van der Waals surface area (Å²) in [7, 11) is -2.03. The number of carbonyl (C=O) groups is 1. The zero-order valence-electron chi connectivity index (χ0n) is 18.1. The molecule has 1 saturated heterocycles. The van der Waals surface area contributed by atoms with Crippen LogP contribution < -0.4 is 10.1 Å². The van der Waals surface area contributed by atoms with E-state index in [9.17, 15) is 13.2 Å². The summed E-state index contributed by atoms with van der Waals surface area (Å²) in [6.45, 7) is 6.70. The minimum Gasteiger partial charge on any atom is -0.497 e. The van der Waals surface area contributed by atoms with Gasteiger partial charge in [-0.05, 0) is 74.6 Å². The number of benzene rings is 2. The first-order valence-corrected chi connectivity index (χ1v) is 11.6. The average Bonchev–Trinajstić information content (AvgIpc) is 2.74. The van der Waals surface area contributed by atoms with Gasteiger partial charge in [0.1, 0.15) is 5.75 Å². The minimum absolute atomic E-state index is 0.127. The fraction of sp³-hybridized carbons (Fsp3) is 0.435. The lowest BCUT2D eigenvalue weighted by Crippen LogP contribution is -2.51. The van der Waals surface area contributed by atoms with E-state index in [4.69, 9.17) is 4.74 Å². The van der Waals surface area contributed by atoms with Crippen LogP contribution in [0, 0.1) is 19.3 Å². The molecule has 1 aliphatic heterocycles. The van der Waals surface area contributed by atoms with E-state index in [0.29, 0.717) is 25.9 Å². The lowest BCUT2D eigenvalue weighted by Gasteiger charge is -2.38. The van der Waals surface area contributed by atoms with Gasteiger partial charge < -0.3 is 10.1 Å². The van der Waals surface area contributed by atoms with Gasteiger partial charge in [0.25, 0.3) is 0 Å². The van der Waals surface area contributed by atoms with Gasteiger partial charge in [0, 0.05) is 19.6 Å². The summed E-state index contributed by atoms with van der Waals surface area (Å²) in [6, 6.07) is 12.7. The van der Waals surface area contributed by atoms with E-state index in [0.717, 1.165) is 22.4 Å². The van der Waals surface area contributed by atoms with E-state index in [1.807, 2.05) is 51.1 Å². The Bertz CT molecular complexity index is 1020. The standard InChI is InChI=1S/C23H30N2O4S/c1-17-6-11-21(14-18(17)2)30(27,28)25-13-5-12-23(3,16-25)22(26)24-15-19-7-9-20(29-4)10-8-19/h6-11,14H,5,12-13,15-16H2,1-4H3,(H,24,26). The van der Waals surface area contributed by atoms with Gasteiger partial charge >= 0.3 is 0 Å². The van der Waals surface area contributed by atoms with E-state index in [1.165, 1.54) is 4.31 Å². The zero-order chi connectivity index (χ0) is 21.9. The van der Waals surface area contributed by atoms with Gasteiger partial charge in [0.05, 0.1) is 17.4 Å². The zero-order valence-corrected chi connectivity index (χ0v) is 18.9. The first-order chi connectivity index (χ1) is 14.2. The average molecular weight is 431 g/mol. The van der Waals surface area contributed by atoms with Crippen LogP contribution in [0.2, 0.25) is 0 Å². The second-order valence-corrected chi connectivity index (χ2v) is 10.2. The highest BCUT2D eigenvalue weighted by Crippen LogP contribution is 2.33. The van der Waals surface area contributed by atoms with E-state index in [2.05, 4.69) is 5.32 Å². The SMILES string of the molecule is COc1ccc(CNC(=O)C2(C)CCCN(S(=O)(=O)c3ccc(C)c(C)c3)C2)cc1. The molecule has 1 heterocycles. The number of rotatable bonds is 6. The van der Waals surface area contributed by atoms with Gasteiger partial charge in [-0.25, -0.2) is 8.42 Å². The Morgan fingerprint density at radius 3 is 2.47 bits per heavy atom. The third kappa shape index (κ3) is 4.68. The normalized spacial score (nSPS) is 20.0. The predicted molar refractivity (Wildman–Crippen MR) is 117 cm³/mol. The third-order valence-electron chi connectivity index (χ3n) is 5.94. The summed E-state index contributed by atoms with van der Waals surface area (Å²) in [6.07, 6.45) is 1.30. The Morgan fingerprint density at radius 1 is 1.13 bits per heavy atom. The number of methoxy groups -OCH3 is 1. The monoisotopic (exact) mass is 430 g/mol. The number of nitrogens with one attached hydrogen (secondary N) is 1. The van der Waals surface area contributed by atoms with Crippen LogP contribution in [-0.4, -0.2) is 38.8 Å². The number of carbonyl (C=O) groups excluding carboxylic acids is 1. The molecule has 3 rings (SSSR count). The van der Waals surface area contributed by atoms with Gasteiger partial charge in [-0.3, -0.25) is 4.79 Å². The first-order valence-electron chi connectivity index (χ1n) is 10.1. The molecule has 1 N–H and O–H groups in total. The van der Waals surface area contributed by atoms with Gasteiger partial charge in [-0.1, -0.05) is 18.2 Å². The molecule has 30 heavy (non-hydrogen) atoms. The molecule has 0 aliphatic carbocycles. The molecule has 0 aromatic heterocycles. The van der Waals surface area contributed by atoms with Crippen molar-refractivity contribution in [2.24, 2.45) is 5.41 Å². The highest BCUT2D eigenvalue weighted by atomic mass is 32.2. The van der Waals surface area contributed by atoms with E-state index >= 15 is 0 Å². The van der Waals surface area contributed by atoms with Crippen LogP contribution in [0.5, 0.6) is 5.75 Å². The molecule has 6 nitrogen and oxygen atoms in total. The molecule has 7 heteroatoms. The summed E-state index contributed by atoms with van der Waals surface area (Å²) >= 11 is 0. The maximum Gasteiger partial charge on any atom is 0.243 e. The third-order valence-corrected chi connectivity index (χ3v) is 7.78. The highest BCUT2D eigenvalue weighted by Gasteiger charge is 2.41. The van der Waals surface area contributed by atoms with Gasteiger partial charge in [0.2, 0.25) is 15.9 Å². The van der Waals surface area contributed by atoms with Crippen LogP contribution >= 0.6 is 0 Å². The number of sulfonamides is 1. The van der Waals surface area contributed by atoms with Crippen molar-refractivity contribution in [3.05, 3.63) is 59.2 Å². The van der Waals surface area contributed by atoms with Crippen molar-refractivity contribution in [3.8, 4) is 5.75 Å². The molecule has 1 atom stereocenters. The fourth-order valence-electron chi connectivity index (χ4n) is 3.75. The Hall–Kier alpha value is -2.38. The largest absolute Gasteiger partial charge is 0.497 e. The molecule has 0 radical (unpaired) electrons. The maximum absolute atomic E-state index is 13.2. The summed E-state index contributed by atoms with van der Waals surface area (Å²) in [4.78, 5) is 13.3. The number of hydrogen-bond acceptors (Lipinski definition) is 4. The van der Waals surface area contributed by atoms with E-state index in [-0.39, 0.29) is 17.3 Å². The van der Waals surface area contributed by atoms with Crippen LogP contribution in [0.25, 0.3) is 0 Å². The van der Waals surface area contributed by atoms with Crippen molar-refractivity contribution in [1.29, 1.82) is 0 Å². The van der Waals surface area contributed by atoms with Gasteiger partial charge in [0.15, 0.2) is 0 Å². The van der Waals surface area contributed by atoms with E-state index in [1.54, 1.807) is 19.2 Å². The summed E-state index contributed by atoms with van der Waals surface area (Å²) in [5, 5.41) is 2.97. The molecule has 0 saturated carbocycles. The Morgan fingerprint density at radius 2 is 1.83 bits per heavy atom. The number of aryl methyl sites for hydroxylation is 2. The van der Waals surface area contributed by atoms with Crippen molar-refractivity contribution in [2.75, 3.05) is 20.2 Å². The number of amides is 1. The fourth-order valence-corrected chi connectivity index (χ4v) is 5.43. The van der Waals surface area contributed by atoms with Crippen LogP contribution in [-0.2, 0) is 21.4 Å². The van der Waals surface area contributed by atoms with Crippen molar-refractivity contribution < 1.29 is 17.9 Å². The smallest absolute Gasteiger partial charge is 0.243 e. The van der Waals surface area contributed by atoms with E-state index < -0.39 is 15.4 Å². The second-order valence-electron chi connectivity index (χ2n) is 8.28. The molecule has 162 valence electrons. The second kappa shape index (κ2) is 8.78. The van der Waals surface area contributed by atoms with Crippen LogP contribution in [0.3, 0.4) is 0 Å². The maximum atomic E-state index is 13.2. The number of piperidine rings is 1. The molecule has 2 aromatic rings. The highest BCUT2D eigenvalue weighted by molar-refractivity contribution is 7.89. The number of nitrogens with zero attached hydrogens (tertiary/aromatic N) is 1. The predicted octanol–water partition coefficient (Wildman–Crippen LogP) is 3.42. The Kier molecular flexibility index (Phi) is 6.53. The number of hydrogen-bond donors (Lipinski definition) is 1. The molecular weight excluding hydrogens is 400 g/mol. The molecule has 0 bridgehead atoms. The van der Waals surface area contributed by atoms with Gasteiger partial charge in [-0.2, -0.15) is 4.31 Å². The first kappa shape index (κ1) is 22.3. The lowest BCUT2D eigenvalue weighted by molar-refractivity contribution is -0.132. The minimum atomic E-state index is -3.64. The summed E-state index contributed by atoms with van der Waals surface area (Å²) < 4.78 is 33.0. The van der Waals surface area contributed by atoms with Crippen LogP contribution in [0.1, 0.15) is 36.5 Å². The van der Waals surface area contributed by atoms with Gasteiger partial charge in [-0.15, -0.1) is 0 Å². The Labute approximate surface area is 179 Å². The molecule has 1 aliphatic rings. The van der Waals surface area contributed by atoms with Crippen molar-refractivity contribution >= 4 is 15.9 Å². The topological polar surface area (TPSA) is 75.7 Å². The Balaban J connectivity index is 1.71. The van der Waals surface area contributed by atoms with Crippen molar-refractivity contribution in [2.45, 2.75) is 45.1 Å². The van der Waals surface area contributed by atoms with Crippen LogP contribution in [0.4, 0.5) is 0 Å². The van der Waals surface area contributed by atoms with Crippen molar-refractivity contribution in [1.82, 2.24) is 9.62 Å². The lowest BCUT2D eigenvalue weighted by atomic mass is 9.82. The summed E-state index contributed by atoms with van der Waals surface area (Å²) in [5.74, 6) is 0.634. The van der Waals surface area contributed by atoms with Crippen LogP contribution in [0.15, 0.2) is 47.4 Å².